The summed E-state index contributed by atoms with van der Waals surface area (Å²) in [7, 11) is 0. The summed E-state index contributed by atoms with van der Waals surface area (Å²) >= 11 is 9.03. The van der Waals surface area contributed by atoms with Gasteiger partial charge in [-0.2, -0.15) is 13.2 Å². The Labute approximate surface area is 164 Å². The molecule has 0 saturated heterocycles. The molecule has 0 saturated carbocycles. The fourth-order valence-electron chi connectivity index (χ4n) is 2.56. The fourth-order valence-corrected chi connectivity index (χ4v) is 3.09. The molecule has 2 amide bonds. The van der Waals surface area contributed by atoms with Crippen molar-refractivity contribution < 1.29 is 27.6 Å². The number of hydrogen-bond acceptors (Lipinski definition) is 3. The number of benzene rings is 2. The Balaban J connectivity index is 1.82. The summed E-state index contributed by atoms with van der Waals surface area (Å²) < 4.78 is 39.0. The Bertz CT molecular complexity index is 978. The number of Topliss-reactive ketones (excluding diaryl/α,β-unsaturated/α-hetero) is 1. The van der Waals surface area contributed by atoms with Crippen LogP contribution in [-0.2, 0) is 15.8 Å². The number of fused-ring (bicyclic) bond motifs is 1. The van der Waals surface area contributed by atoms with Gasteiger partial charge in [-0.05, 0) is 36.4 Å². The Morgan fingerprint density at radius 2 is 1.85 bits per heavy atom. The van der Waals surface area contributed by atoms with Crippen molar-refractivity contribution in [2.45, 2.75) is 6.18 Å². The summed E-state index contributed by atoms with van der Waals surface area (Å²) in [5.74, 6) is -2.46. The normalized spacial score (nSPS) is 13.7. The molecule has 0 spiro atoms. The number of nitrogens with zero attached hydrogens (tertiary/aromatic N) is 1. The fraction of sp³-hybridized carbons (Fsp3) is 0.118. The van der Waals surface area contributed by atoms with Crippen LogP contribution >= 0.6 is 27.5 Å². The van der Waals surface area contributed by atoms with Gasteiger partial charge in [-0.15, -0.1) is 0 Å². The van der Waals surface area contributed by atoms with Gasteiger partial charge in [0.2, 0.25) is 5.91 Å². The molecule has 2 aromatic carbocycles. The van der Waals surface area contributed by atoms with Gasteiger partial charge in [0.05, 0.1) is 27.5 Å². The third-order valence-electron chi connectivity index (χ3n) is 3.80. The van der Waals surface area contributed by atoms with E-state index in [2.05, 4.69) is 21.2 Å². The largest absolute Gasteiger partial charge is 0.416 e. The summed E-state index contributed by atoms with van der Waals surface area (Å²) in [5.41, 5.74) is -0.840. The average molecular weight is 462 g/mol. The zero-order valence-corrected chi connectivity index (χ0v) is 15.6. The van der Waals surface area contributed by atoms with Crippen LogP contribution in [0.3, 0.4) is 0 Å². The predicted octanol–water partition coefficient (Wildman–Crippen LogP) is 4.29. The van der Waals surface area contributed by atoms with E-state index in [1.165, 1.54) is 12.1 Å². The second kappa shape index (κ2) is 6.97. The van der Waals surface area contributed by atoms with Crippen LogP contribution in [0.4, 0.5) is 24.5 Å². The van der Waals surface area contributed by atoms with Gasteiger partial charge in [0.1, 0.15) is 6.54 Å². The summed E-state index contributed by atoms with van der Waals surface area (Å²) in [5, 5.41) is 2.15. The number of nitrogens with one attached hydrogen (secondary N) is 1. The van der Waals surface area contributed by atoms with E-state index in [4.69, 9.17) is 11.6 Å². The maximum absolute atomic E-state index is 12.8. The molecule has 0 fully saturated rings. The average Bonchev–Trinajstić information content (AvgIpc) is 2.80. The molecule has 3 rings (SSSR count). The molecule has 1 aliphatic rings. The molecular weight excluding hydrogens is 453 g/mol. The minimum atomic E-state index is -4.60. The SMILES string of the molecule is O=C(CN1C(=O)C(=O)c2cc(Br)ccc21)Nc1cc(C(F)(F)F)ccc1Cl. The zero-order valence-electron chi connectivity index (χ0n) is 13.2. The van der Waals surface area contributed by atoms with Crippen molar-refractivity contribution in [2.75, 3.05) is 16.8 Å². The Morgan fingerprint density at radius 3 is 2.52 bits per heavy atom. The highest BCUT2D eigenvalue weighted by molar-refractivity contribution is 9.10. The van der Waals surface area contributed by atoms with Crippen molar-refractivity contribution in [3.63, 3.8) is 0 Å². The highest BCUT2D eigenvalue weighted by Gasteiger charge is 2.37. The van der Waals surface area contributed by atoms with Crippen molar-refractivity contribution >= 4 is 56.5 Å². The monoisotopic (exact) mass is 460 g/mol. The topological polar surface area (TPSA) is 66.5 Å². The molecule has 2 aromatic rings. The van der Waals surface area contributed by atoms with Crippen LogP contribution in [0.2, 0.25) is 5.02 Å². The first kappa shape index (κ1) is 19.4. The van der Waals surface area contributed by atoms with E-state index in [9.17, 15) is 27.6 Å². The molecule has 0 aliphatic carbocycles. The highest BCUT2D eigenvalue weighted by Crippen LogP contribution is 2.34. The summed E-state index contributed by atoms with van der Waals surface area (Å²) in [6, 6.07) is 7.04. The van der Waals surface area contributed by atoms with E-state index in [0.717, 1.165) is 17.0 Å². The quantitative estimate of drug-likeness (QED) is 0.694. The lowest BCUT2D eigenvalue weighted by molar-refractivity contribution is -0.137. The molecule has 0 radical (unpaired) electrons. The minimum Gasteiger partial charge on any atom is -0.323 e. The highest BCUT2D eigenvalue weighted by atomic mass is 79.9. The summed E-state index contributed by atoms with van der Waals surface area (Å²) in [6.07, 6.45) is -4.60. The van der Waals surface area contributed by atoms with Gasteiger partial charge < -0.3 is 5.32 Å². The lowest BCUT2D eigenvalue weighted by Gasteiger charge is -2.17. The second-order valence-electron chi connectivity index (χ2n) is 5.62. The molecule has 0 atom stereocenters. The van der Waals surface area contributed by atoms with Gasteiger partial charge in [-0.1, -0.05) is 27.5 Å². The maximum Gasteiger partial charge on any atom is 0.416 e. The van der Waals surface area contributed by atoms with Crippen molar-refractivity contribution in [3.05, 3.63) is 57.0 Å². The first-order valence-corrected chi connectivity index (χ1v) is 8.57. The standard InChI is InChI=1S/C17H9BrClF3N2O3/c18-9-2-4-13-10(6-9)15(26)16(27)24(13)7-14(25)23-12-5-8(17(20,21)22)1-3-11(12)19/h1-6H,7H2,(H,23,25). The van der Waals surface area contributed by atoms with Crippen LogP contribution in [0.5, 0.6) is 0 Å². The van der Waals surface area contributed by atoms with E-state index in [0.29, 0.717) is 10.5 Å². The molecule has 1 N–H and O–H groups in total. The van der Waals surface area contributed by atoms with Crippen molar-refractivity contribution in [3.8, 4) is 0 Å². The predicted molar refractivity (Wildman–Crippen MR) is 95.9 cm³/mol. The van der Waals surface area contributed by atoms with Gasteiger partial charge in [0, 0.05) is 4.47 Å². The maximum atomic E-state index is 12.8. The van der Waals surface area contributed by atoms with Gasteiger partial charge >= 0.3 is 6.18 Å². The summed E-state index contributed by atoms with van der Waals surface area (Å²) in [4.78, 5) is 37.3. The van der Waals surface area contributed by atoms with Crippen LogP contribution in [0.25, 0.3) is 0 Å². The number of rotatable bonds is 3. The number of hydrogen-bond donors (Lipinski definition) is 1. The van der Waals surface area contributed by atoms with Crippen LogP contribution < -0.4 is 10.2 Å². The molecule has 0 bridgehead atoms. The van der Waals surface area contributed by atoms with E-state index in [1.54, 1.807) is 6.07 Å². The van der Waals surface area contributed by atoms with Gasteiger partial charge in [-0.3, -0.25) is 19.3 Å². The van der Waals surface area contributed by atoms with E-state index in [1.807, 2.05) is 0 Å². The number of carbonyl (C=O) groups is 3. The molecule has 0 aromatic heterocycles. The lowest BCUT2D eigenvalue weighted by atomic mass is 10.1. The van der Waals surface area contributed by atoms with E-state index in [-0.39, 0.29) is 22.0 Å². The smallest absolute Gasteiger partial charge is 0.323 e. The van der Waals surface area contributed by atoms with Gasteiger partial charge in [-0.25, -0.2) is 0 Å². The second-order valence-corrected chi connectivity index (χ2v) is 6.95. The Kier molecular flexibility index (Phi) is 5.00. The lowest BCUT2D eigenvalue weighted by Crippen LogP contribution is -2.37. The molecule has 5 nitrogen and oxygen atoms in total. The number of amides is 2. The number of halogens is 5. The van der Waals surface area contributed by atoms with E-state index < -0.39 is 35.9 Å². The van der Waals surface area contributed by atoms with Crippen molar-refractivity contribution in [2.24, 2.45) is 0 Å². The Hall–Kier alpha value is -2.39. The molecule has 140 valence electrons. The number of carbonyl (C=O) groups excluding carboxylic acids is 3. The first-order valence-electron chi connectivity index (χ1n) is 7.40. The number of ketones is 1. The number of alkyl halides is 3. The first-order chi connectivity index (χ1) is 12.6. The molecule has 10 heteroatoms. The Morgan fingerprint density at radius 1 is 1.15 bits per heavy atom. The van der Waals surface area contributed by atoms with E-state index >= 15 is 0 Å². The van der Waals surface area contributed by atoms with Gasteiger partial charge in [0.25, 0.3) is 11.7 Å². The molecule has 0 unspecified atom stereocenters. The van der Waals surface area contributed by atoms with Crippen LogP contribution in [0.1, 0.15) is 15.9 Å². The third-order valence-corrected chi connectivity index (χ3v) is 4.63. The van der Waals surface area contributed by atoms with Crippen LogP contribution in [-0.4, -0.2) is 24.1 Å². The molecular formula is C17H9BrClF3N2O3. The minimum absolute atomic E-state index is 0.0931. The van der Waals surface area contributed by atoms with Crippen LogP contribution in [0.15, 0.2) is 40.9 Å². The third kappa shape index (κ3) is 3.84. The molecule has 1 aliphatic heterocycles. The van der Waals surface area contributed by atoms with Gasteiger partial charge in [0.15, 0.2) is 0 Å². The number of anilines is 2. The van der Waals surface area contributed by atoms with Crippen LogP contribution in [0, 0.1) is 0 Å². The van der Waals surface area contributed by atoms with Crippen molar-refractivity contribution in [1.29, 1.82) is 0 Å². The summed E-state index contributed by atoms with van der Waals surface area (Å²) in [6.45, 7) is -0.550. The van der Waals surface area contributed by atoms with Crippen molar-refractivity contribution in [1.82, 2.24) is 0 Å². The molecule has 1 heterocycles. The molecule has 27 heavy (non-hydrogen) atoms. The zero-order chi connectivity index (χ0) is 19.9.